The lowest BCUT2D eigenvalue weighted by Crippen LogP contribution is -2.64. The summed E-state index contributed by atoms with van der Waals surface area (Å²) in [5, 5.41) is 0.838. The third-order valence-electron chi connectivity index (χ3n) is 5.04. The average molecular weight is 394 g/mol. The van der Waals surface area contributed by atoms with Crippen LogP contribution in [0.3, 0.4) is 0 Å². The zero-order valence-electron chi connectivity index (χ0n) is 13.5. The van der Waals surface area contributed by atoms with Crippen LogP contribution in [-0.2, 0) is 14.9 Å². The van der Waals surface area contributed by atoms with Gasteiger partial charge in [-0.1, -0.05) is 0 Å². The summed E-state index contributed by atoms with van der Waals surface area (Å²) in [5.41, 5.74) is 1.80. The highest BCUT2D eigenvalue weighted by atomic mass is 79.9. The molecule has 2 aliphatic heterocycles. The summed E-state index contributed by atoms with van der Waals surface area (Å²) in [7, 11) is 3.45. The van der Waals surface area contributed by atoms with Gasteiger partial charge in [0, 0.05) is 50.8 Å². The van der Waals surface area contributed by atoms with Crippen molar-refractivity contribution in [2.75, 3.05) is 45.3 Å². The van der Waals surface area contributed by atoms with Crippen molar-refractivity contribution in [2.24, 2.45) is 0 Å². The molecule has 0 bridgehead atoms. The van der Waals surface area contributed by atoms with Crippen molar-refractivity contribution in [3.8, 4) is 0 Å². The van der Waals surface area contributed by atoms with Gasteiger partial charge < -0.3 is 9.64 Å². The van der Waals surface area contributed by atoms with E-state index >= 15 is 0 Å². The molecule has 1 aromatic heterocycles. The van der Waals surface area contributed by atoms with E-state index in [9.17, 15) is 9.18 Å². The number of methoxy groups -OCH3 is 1. The Labute approximate surface area is 147 Å². The second kappa shape index (κ2) is 5.47. The smallest absolute Gasteiger partial charge is 0.240 e. The van der Waals surface area contributed by atoms with Crippen LogP contribution in [-0.4, -0.2) is 56.2 Å². The molecule has 24 heavy (non-hydrogen) atoms. The van der Waals surface area contributed by atoms with Gasteiger partial charge in [-0.3, -0.25) is 14.7 Å². The number of anilines is 1. The van der Waals surface area contributed by atoms with Crippen LogP contribution in [0.2, 0.25) is 0 Å². The number of carbonyl (C=O) groups is 1. The summed E-state index contributed by atoms with van der Waals surface area (Å²) in [6.07, 6.45) is 1.68. The quantitative estimate of drug-likeness (QED) is 0.802. The van der Waals surface area contributed by atoms with E-state index < -0.39 is 5.41 Å². The maximum atomic E-state index is 13.9. The molecule has 1 fully saturated rings. The van der Waals surface area contributed by atoms with E-state index in [4.69, 9.17) is 4.74 Å². The summed E-state index contributed by atoms with van der Waals surface area (Å²) in [6.45, 7) is 2.74. The van der Waals surface area contributed by atoms with Crippen LogP contribution in [0.5, 0.6) is 0 Å². The average Bonchev–Trinajstić information content (AvgIpc) is 2.75. The van der Waals surface area contributed by atoms with Gasteiger partial charge in [0.15, 0.2) is 0 Å². The molecule has 0 atom stereocenters. The van der Waals surface area contributed by atoms with E-state index in [1.54, 1.807) is 31.3 Å². The number of fused-ring (bicyclic) bond motifs is 4. The number of halogens is 2. The lowest BCUT2D eigenvalue weighted by Gasteiger charge is -2.47. The first-order valence-corrected chi connectivity index (χ1v) is 8.55. The zero-order valence-corrected chi connectivity index (χ0v) is 15.1. The van der Waals surface area contributed by atoms with Crippen molar-refractivity contribution in [3.05, 3.63) is 34.2 Å². The van der Waals surface area contributed by atoms with Gasteiger partial charge in [-0.25, -0.2) is 4.39 Å². The van der Waals surface area contributed by atoms with Gasteiger partial charge in [0.05, 0.1) is 28.5 Å². The van der Waals surface area contributed by atoms with Gasteiger partial charge in [-0.2, -0.15) is 0 Å². The molecular weight excluding hydrogens is 377 g/mol. The summed E-state index contributed by atoms with van der Waals surface area (Å²) >= 11 is 3.25. The van der Waals surface area contributed by atoms with Crippen molar-refractivity contribution < 1.29 is 13.9 Å². The van der Waals surface area contributed by atoms with Gasteiger partial charge >= 0.3 is 0 Å². The fourth-order valence-corrected chi connectivity index (χ4v) is 4.20. The van der Waals surface area contributed by atoms with Crippen molar-refractivity contribution in [1.82, 2.24) is 9.88 Å². The molecule has 126 valence electrons. The fourth-order valence-electron chi connectivity index (χ4n) is 3.86. The minimum atomic E-state index is -0.559. The first-order chi connectivity index (χ1) is 11.5. The number of nitrogens with zero attached hydrogens (tertiary/aromatic N) is 3. The van der Waals surface area contributed by atoms with Gasteiger partial charge in [0.1, 0.15) is 11.2 Å². The van der Waals surface area contributed by atoms with Crippen molar-refractivity contribution in [1.29, 1.82) is 0 Å². The fraction of sp³-hybridized carbons (Fsp3) is 0.412. The highest BCUT2D eigenvalue weighted by Gasteiger charge is 2.57. The van der Waals surface area contributed by atoms with E-state index in [0.29, 0.717) is 29.7 Å². The number of ether oxygens (including phenoxy) is 1. The minimum absolute atomic E-state index is 0.0842. The Hall–Kier alpha value is -1.57. The molecule has 1 spiro atoms. The summed E-state index contributed by atoms with van der Waals surface area (Å²) in [5.74, 6) is -0.266. The number of likely N-dealkylation sites (tertiary alicyclic amines) is 1. The first-order valence-electron chi connectivity index (χ1n) is 7.75. The van der Waals surface area contributed by atoms with E-state index in [1.165, 1.54) is 6.07 Å². The van der Waals surface area contributed by atoms with Crippen LogP contribution in [0.4, 0.5) is 10.1 Å². The number of carbonyl (C=O) groups excluding carboxylic acids is 1. The van der Waals surface area contributed by atoms with Crippen LogP contribution >= 0.6 is 15.9 Å². The zero-order chi connectivity index (χ0) is 17.1. The number of likely N-dealkylation sites (N-methyl/N-ethyl adjacent to an activating group) is 1. The molecule has 7 heteroatoms. The third-order valence-corrected chi connectivity index (χ3v) is 5.65. The molecular formula is C17H17BrFN3O2. The molecule has 1 amide bonds. The van der Waals surface area contributed by atoms with E-state index in [0.717, 1.165) is 23.2 Å². The van der Waals surface area contributed by atoms with Crippen molar-refractivity contribution in [2.45, 2.75) is 5.41 Å². The van der Waals surface area contributed by atoms with E-state index in [2.05, 4.69) is 25.8 Å². The van der Waals surface area contributed by atoms with Crippen molar-refractivity contribution >= 4 is 38.4 Å². The maximum absolute atomic E-state index is 13.9. The van der Waals surface area contributed by atoms with Gasteiger partial charge in [0.2, 0.25) is 5.91 Å². The molecule has 2 aromatic rings. The Morgan fingerprint density at radius 1 is 1.42 bits per heavy atom. The number of aromatic nitrogens is 1. The standard InChI is InChI=1S/C17H17BrFN3O2/c1-21-14-7-20-13-6-12(19)11(18)5-10(13)15(14)17(16(21)23)8-22(9-17)3-4-24-2/h5-7H,3-4,8-9H2,1-2H3. The minimum Gasteiger partial charge on any atom is -0.383 e. The van der Waals surface area contributed by atoms with Gasteiger partial charge in [-0.05, 0) is 22.0 Å². The molecule has 0 aliphatic carbocycles. The normalized spacial score (nSPS) is 19.2. The van der Waals surface area contributed by atoms with Crippen LogP contribution in [0.1, 0.15) is 5.56 Å². The molecule has 0 saturated carbocycles. The number of pyridine rings is 1. The van der Waals surface area contributed by atoms with Crippen LogP contribution in [0, 0.1) is 5.82 Å². The molecule has 0 unspecified atom stereocenters. The van der Waals surface area contributed by atoms with Crippen molar-refractivity contribution in [3.63, 3.8) is 0 Å². The van der Waals surface area contributed by atoms with E-state index in [1.807, 2.05) is 0 Å². The molecule has 0 radical (unpaired) electrons. The Morgan fingerprint density at radius 2 is 2.17 bits per heavy atom. The Balaban J connectivity index is 1.85. The predicted molar refractivity (Wildman–Crippen MR) is 92.8 cm³/mol. The molecule has 2 aliphatic rings. The summed E-state index contributed by atoms with van der Waals surface area (Å²) in [4.78, 5) is 21.2. The monoisotopic (exact) mass is 393 g/mol. The predicted octanol–water partition coefficient (Wildman–Crippen LogP) is 2.31. The van der Waals surface area contributed by atoms with Crippen LogP contribution < -0.4 is 4.90 Å². The lowest BCUT2D eigenvalue weighted by atomic mass is 9.73. The maximum Gasteiger partial charge on any atom is 0.240 e. The van der Waals surface area contributed by atoms with Crippen LogP contribution in [0.15, 0.2) is 22.8 Å². The molecule has 4 rings (SSSR count). The van der Waals surface area contributed by atoms with Crippen LogP contribution in [0.25, 0.3) is 10.9 Å². The number of hydrogen-bond acceptors (Lipinski definition) is 4. The largest absolute Gasteiger partial charge is 0.383 e. The second-order valence-electron chi connectivity index (χ2n) is 6.45. The molecule has 5 nitrogen and oxygen atoms in total. The third kappa shape index (κ3) is 2.04. The summed E-state index contributed by atoms with van der Waals surface area (Å²) in [6, 6.07) is 3.15. The molecule has 1 aromatic carbocycles. The first kappa shape index (κ1) is 15.9. The SMILES string of the molecule is COCCN1CC2(C1)C(=O)N(C)c1cnc3cc(F)c(Br)cc3c12. The molecule has 1 saturated heterocycles. The Bertz CT molecular complexity index is 851. The topological polar surface area (TPSA) is 45.7 Å². The molecule has 0 N–H and O–H groups in total. The van der Waals surface area contributed by atoms with Gasteiger partial charge in [0.25, 0.3) is 0 Å². The number of hydrogen-bond donors (Lipinski definition) is 0. The second-order valence-corrected chi connectivity index (χ2v) is 7.31. The molecule has 3 heterocycles. The van der Waals surface area contributed by atoms with Gasteiger partial charge in [-0.15, -0.1) is 0 Å². The highest BCUT2D eigenvalue weighted by molar-refractivity contribution is 9.10. The number of amides is 1. The number of benzene rings is 1. The number of rotatable bonds is 3. The lowest BCUT2D eigenvalue weighted by molar-refractivity contribution is -0.129. The Morgan fingerprint density at radius 3 is 2.88 bits per heavy atom. The van der Waals surface area contributed by atoms with E-state index in [-0.39, 0.29) is 11.7 Å². The highest BCUT2D eigenvalue weighted by Crippen LogP contribution is 2.49. The summed E-state index contributed by atoms with van der Waals surface area (Å²) < 4.78 is 19.4. The Kier molecular flexibility index (Phi) is 3.63.